The van der Waals surface area contributed by atoms with Crippen molar-refractivity contribution in [2.75, 3.05) is 6.54 Å². The Morgan fingerprint density at radius 3 is 1.92 bits per heavy atom. The number of alkyl halides is 2. The van der Waals surface area contributed by atoms with Crippen LogP contribution in [0.5, 0.6) is 5.75 Å². The van der Waals surface area contributed by atoms with Gasteiger partial charge in [-0.05, 0) is 83.8 Å². The Bertz CT molecular complexity index is 1430. The van der Waals surface area contributed by atoms with Crippen LogP contribution in [0.2, 0.25) is 0 Å². The summed E-state index contributed by atoms with van der Waals surface area (Å²) in [7, 11) is 0. The van der Waals surface area contributed by atoms with Crippen LogP contribution in [0.15, 0.2) is 78.9 Å². The highest BCUT2D eigenvalue weighted by Crippen LogP contribution is 2.36. The van der Waals surface area contributed by atoms with Crippen molar-refractivity contribution in [3.63, 3.8) is 0 Å². The molecule has 1 atom stereocenters. The minimum absolute atomic E-state index is 0.157. The van der Waals surface area contributed by atoms with Crippen molar-refractivity contribution in [1.29, 1.82) is 5.41 Å². The van der Waals surface area contributed by atoms with Crippen molar-refractivity contribution >= 4 is 6.21 Å². The van der Waals surface area contributed by atoms with Crippen LogP contribution in [-0.4, -0.2) is 12.8 Å². The zero-order valence-electron chi connectivity index (χ0n) is 20.5. The third-order valence-electron chi connectivity index (χ3n) is 6.29. The van der Waals surface area contributed by atoms with E-state index in [0.717, 1.165) is 18.3 Å². The summed E-state index contributed by atoms with van der Waals surface area (Å²) in [6.07, 6.45) is -2.68. The lowest BCUT2D eigenvalue weighted by atomic mass is 9.99. The largest absolute Gasteiger partial charge is 0.432 e. The van der Waals surface area contributed by atoms with Crippen LogP contribution in [0.3, 0.4) is 0 Å². The second-order valence-corrected chi connectivity index (χ2v) is 8.98. The van der Waals surface area contributed by atoms with E-state index in [9.17, 15) is 26.3 Å². The summed E-state index contributed by atoms with van der Waals surface area (Å²) < 4.78 is 91.3. The molecule has 0 bridgehead atoms. The predicted octanol–water partition coefficient (Wildman–Crippen LogP) is 7.86. The fourth-order valence-electron chi connectivity index (χ4n) is 4.14. The summed E-state index contributed by atoms with van der Waals surface area (Å²) in [5, 5.41) is 7.26. The van der Waals surface area contributed by atoms with Gasteiger partial charge in [-0.15, -0.1) is 0 Å². The highest BCUT2D eigenvalue weighted by Gasteiger charge is 2.41. The Balaban J connectivity index is 1.49. The van der Waals surface area contributed by atoms with E-state index in [1.54, 1.807) is 6.07 Å². The lowest BCUT2D eigenvalue weighted by Gasteiger charge is -2.20. The summed E-state index contributed by atoms with van der Waals surface area (Å²) >= 11 is 0. The molecule has 0 saturated carbocycles. The van der Waals surface area contributed by atoms with Gasteiger partial charge in [0.15, 0.2) is 0 Å². The summed E-state index contributed by atoms with van der Waals surface area (Å²) in [5.74, 6) is -4.55. The van der Waals surface area contributed by atoms with Crippen LogP contribution in [0.4, 0.5) is 26.3 Å². The molecule has 0 saturated heterocycles. The predicted molar refractivity (Wildman–Crippen MR) is 138 cm³/mol. The molecule has 1 unspecified atom stereocenters. The first-order chi connectivity index (χ1) is 18.6. The Labute approximate surface area is 221 Å². The van der Waals surface area contributed by atoms with Crippen molar-refractivity contribution in [2.45, 2.75) is 19.0 Å². The Morgan fingerprint density at radius 1 is 0.769 bits per heavy atom. The molecule has 3 nitrogen and oxygen atoms in total. The van der Waals surface area contributed by atoms with Crippen LogP contribution in [0.25, 0.3) is 22.3 Å². The number of hydrogen-bond donors (Lipinski definition) is 2. The maximum Gasteiger partial charge on any atom is 0.432 e. The van der Waals surface area contributed by atoms with Crippen LogP contribution < -0.4 is 10.5 Å². The molecule has 0 aliphatic heterocycles. The van der Waals surface area contributed by atoms with E-state index in [4.69, 9.17) is 11.1 Å². The van der Waals surface area contributed by atoms with E-state index in [-0.39, 0.29) is 35.8 Å². The zero-order chi connectivity index (χ0) is 28.2. The Hall–Kier alpha value is -4.11. The second-order valence-electron chi connectivity index (χ2n) is 8.98. The lowest BCUT2D eigenvalue weighted by molar-refractivity contribution is -0.189. The van der Waals surface area contributed by atoms with Gasteiger partial charge in [-0.25, -0.2) is 17.6 Å². The van der Waals surface area contributed by atoms with E-state index in [1.807, 2.05) is 0 Å². The van der Waals surface area contributed by atoms with E-state index in [2.05, 4.69) is 4.74 Å². The molecule has 9 heteroatoms. The second kappa shape index (κ2) is 11.7. The molecule has 4 rings (SSSR count). The molecule has 39 heavy (non-hydrogen) atoms. The van der Waals surface area contributed by atoms with E-state index in [1.165, 1.54) is 60.7 Å². The molecule has 0 aliphatic rings. The summed E-state index contributed by atoms with van der Waals surface area (Å²) in [5.41, 5.74) is 5.83. The molecule has 0 aliphatic carbocycles. The molecule has 0 radical (unpaired) electrons. The molecular formula is C30H24F6N2O. The minimum Gasteiger partial charge on any atom is -0.429 e. The van der Waals surface area contributed by atoms with Crippen molar-refractivity contribution < 1.29 is 31.1 Å². The molecule has 0 amide bonds. The molecule has 0 aromatic heterocycles. The number of ether oxygens (including phenoxy) is 1. The zero-order valence-corrected chi connectivity index (χ0v) is 20.5. The number of hydrogen-bond acceptors (Lipinski definition) is 3. The van der Waals surface area contributed by atoms with Gasteiger partial charge in [0.1, 0.15) is 34.6 Å². The first-order valence-corrected chi connectivity index (χ1v) is 12.0. The van der Waals surface area contributed by atoms with Gasteiger partial charge in [0.05, 0.1) is 0 Å². The monoisotopic (exact) mass is 542 g/mol. The number of nitrogens with one attached hydrogen (secondary N) is 1. The molecule has 4 aromatic rings. The molecule has 0 spiro atoms. The summed E-state index contributed by atoms with van der Waals surface area (Å²) in [6.45, 7) is 0.188. The standard InChI is InChI=1S/C30H24F6N2O/c31-23-8-3-21(4-9-23)25-12-7-22(15-26(25)32)20-5-10-24(11-6-20)39-30(35,36)29-27(33)13-18(14-28(29)34)1-2-19(16-37)17-38/h3-16,19,37H,1-2,17,38H2. The third-order valence-corrected chi connectivity index (χ3v) is 6.29. The average molecular weight is 543 g/mol. The van der Waals surface area contributed by atoms with Gasteiger partial charge in [0.2, 0.25) is 0 Å². The molecule has 4 aromatic carbocycles. The smallest absolute Gasteiger partial charge is 0.429 e. The quantitative estimate of drug-likeness (QED) is 0.158. The molecule has 0 heterocycles. The third kappa shape index (κ3) is 6.49. The maximum absolute atomic E-state index is 14.8. The van der Waals surface area contributed by atoms with Crippen LogP contribution in [-0.2, 0) is 12.5 Å². The fraction of sp³-hybridized carbons (Fsp3) is 0.167. The van der Waals surface area contributed by atoms with Crippen molar-refractivity contribution in [2.24, 2.45) is 11.7 Å². The van der Waals surface area contributed by atoms with Crippen LogP contribution in [0.1, 0.15) is 17.5 Å². The summed E-state index contributed by atoms with van der Waals surface area (Å²) in [4.78, 5) is 0. The molecular weight excluding hydrogens is 518 g/mol. The molecule has 202 valence electrons. The SMILES string of the molecule is N=CC(CN)CCc1cc(F)c(C(F)(F)Oc2ccc(-c3ccc(-c4ccc(F)cc4)c(F)c3)cc2)c(F)c1. The minimum atomic E-state index is -4.31. The van der Waals surface area contributed by atoms with E-state index >= 15 is 0 Å². The number of rotatable bonds is 10. The Kier molecular flexibility index (Phi) is 8.40. The lowest BCUT2D eigenvalue weighted by Crippen LogP contribution is -2.25. The molecule has 0 fully saturated rings. The van der Waals surface area contributed by atoms with Crippen molar-refractivity contribution in [3.8, 4) is 28.0 Å². The van der Waals surface area contributed by atoms with Gasteiger partial charge < -0.3 is 15.9 Å². The maximum atomic E-state index is 14.8. The van der Waals surface area contributed by atoms with Gasteiger partial charge >= 0.3 is 6.11 Å². The normalized spacial score (nSPS) is 12.3. The van der Waals surface area contributed by atoms with Gasteiger partial charge in [-0.3, -0.25) is 0 Å². The number of nitrogens with two attached hydrogens (primary N) is 1. The first kappa shape index (κ1) is 27.9. The molecule has 3 N–H and O–H groups in total. The van der Waals surface area contributed by atoms with Crippen LogP contribution >= 0.6 is 0 Å². The number of benzene rings is 4. The van der Waals surface area contributed by atoms with Crippen molar-refractivity contribution in [3.05, 3.63) is 113 Å². The van der Waals surface area contributed by atoms with Crippen molar-refractivity contribution in [1.82, 2.24) is 0 Å². The number of halogens is 6. The highest BCUT2D eigenvalue weighted by atomic mass is 19.3. The number of aryl methyl sites for hydroxylation is 1. The topological polar surface area (TPSA) is 59.1 Å². The van der Waals surface area contributed by atoms with E-state index < -0.39 is 34.9 Å². The van der Waals surface area contributed by atoms with Gasteiger partial charge in [-0.1, -0.05) is 36.4 Å². The van der Waals surface area contributed by atoms with E-state index in [0.29, 0.717) is 23.1 Å². The fourth-order valence-corrected chi connectivity index (χ4v) is 4.14. The van der Waals surface area contributed by atoms with Crippen LogP contribution in [0, 0.1) is 34.6 Å². The highest BCUT2D eigenvalue weighted by molar-refractivity contribution is 5.71. The summed E-state index contributed by atoms with van der Waals surface area (Å²) in [6, 6.07) is 16.6. The Morgan fingerprint density at radius 2 is 1.36 bits per heavy atom. The van der Waals surface area contributed by atoms with Gasteiger partial charge in [-0.2, -0.15) is 8.78 Å². The average Bonchev–Trinajstić information content (AvgIpc) is 2.89. The van der Waals surface area contributed by atoms with Gasteiger partial charge in [0, 0.05) is 18.0 Å². The first-order valence-electron chi connectivity index (χ1n) is 12.0. The van der Waals surface area contributed by atoms with Gasteiger partial charge in [0.25, 0.3) is 0 Å².